The molecule has 4 nitrogen and oxygen atoms in total. The van der Waals surface area contributed by atoms with Crippen molar-refractivity contribution >= 4 is 5.97 Å². The van der Waals surface area contributed by atoms with E-state index in [2.05, 4.69) is 0 Å². The van der Waals surface area contributed by atoms with E-state index in [-0.39, 0.29) is 5.97 Å². The van der Waals surface area contributed by atoms with Crippen molar-refractivity contribution in [2.75, 3.05) is 33.4 Å². The molecule has 1 aliphatic rings. The molecule has 1 saturated heterocycles. The van der Waals surface area contributed by atoms with Crippen LogP contribution in [0.3, 0.4) is 0 Å². The number of esters is 1. The topological polar surface area (TPSA) is 38.8 Å². The highest BCUT2D eigenvalue weighted by Gasteiger charge is 2.18. The molecule has 1 rings (SSSR count). The molecule has 1 fully saturated rings. The summed E-state index contributed by atoms with van der Waals surface area (Å²) in [5.74, 6) is -0.159. The van der Waals surface area contributed by atoms with E-state index in [9.17, 15) is 4.79 Å². The second-order valence-electron chi connectivity index (χ2n) is 3.64. The number of hydrogen-bond acceptors (Lipinski definition) is 4. The van der Waals surface area contributed by atoms with E-state index < -0.39 is 0 Å². The SMILES string of the molecule is CCOC(=O)CN(C)CC1CCCO1. The maximum atomic E-state index is 11.1. The van der Waals surface area contributed by atoms with Gasteiger partial charge in [0.2, 0.25) is 0 Å². The normalized spacial score (nSPS) is 21.5. The van der Waals surface area contributed by atoms with Crippen LogP contribution in [0.5, 0.6) is 0 Å². The Morgan fingerprint density at radius 3 is 3.00 bits per heavy atom. The molecular formula is C10H19NO3. The molecule has 0 aliphatic carbocycles. The number of carbonyl (C=O) groups is 1. The van der Waals surface area contributed by atoms with Crippen LogP contribution in [0.4, 0.5) is 0 Å². The Morgan fingerprint density at radius 2 is 2.43 bits per heavy atom. The highest BCUT2D eigenvalue weighted by Crippen LogP contribution is 2.12. The zero-order valence-corrected chi connectivity index (χ0v) is 8.99. The van der Waals surface area contributed by atoms with Crippen LogP contribution in [0, 0.1) is 0 Å². The van der Waals surface area contributed by atoms with Crippen LogP contribution in [-0.2, 0) is 14.3 Å². The average Bonchev–Trinajstić information content (AvgIpc) is 2.56. The quantitative estimate of drug-likeness (QED) is 0.612. The van der Waals surface area contributed by atoms with Crippen LogP contribution in [0.15, 0.2) is 0 Å². The molecule has 0 bridgehead atoms. The molecule has 1 heterocycles. The summed E-state index contributed by atoms with van der Waals surface area (Å²) in [5.41, 5.74) is 0. The van der Waals surface area contributed by atoms with Gasteiger partial charge in [-0.3, -0.25) is 9.69 Å². The van der Waals surface area contributed by atoms with E-state index in [0.29, 0.717) is 19.3 Å². The fourth-order valence-corrected chi connectivity index (χ4v) is 1.63. The summed E-state index contributed by atoms with van der Waals surface area (Å²) in [6.45, 7) is 4.30. The van der Waals surface area contributed by atoms with Crippen molar-refractivity contribution in [2.45, 2.75) is 25.9 Å². The Hall–Kier alpha value is -0.610. The first-order chi connectivity index (χ1) is 6.72. The van der Waals surface area contributed by atoms with Crippen molar-refractivity contribution in [1.29, 1.82) is 0 Å². The number of nitrogens with zero attached hydrogens (tertiary/aromatic N) is 1. The zero-order valence-electron chi connectivity index (χ0n) is 8.99. The lowest BCUT2D eigenvalue weighted by molar-refractivity contribution is -0.144. The van der Waals surface area contributed by atoms with Crippen LogP contribution < -0.4 is 0 Å². The fraction of sp³-hybridized carbons (Fsp3) is 0.900. The second-order valence-corrected chi connectivity index (χ2v) is 3.64. The van der Waals surface area contributed by atoms with Gasteiger partial charge in [0.25, 0.3) is 0 Å². The predicted molar refractivity (Wildman–Crippen MR) is 53.1 cm³/mol. The summed E-state index contributed by atoms with van der Waals surface area (Å²) >= 11 is 0. The minimum atomic E-state index is -0.159. The lowest BCUT2D eigenvalue weighted by Crippen LogP contribution is -2.33. The maximum Gasteiger partial charge on any atom is 0.320 e. The van der Waals surface area contributed by atoms with Crippen molar-refractivity contribution in [3.05, 3.63) is 0 Å². The van der Waals surface area contributed by atoms with Gasteiger partial charge in [-0.15, -0.1) is 0 Å². The molecule has 4 heteroatoms. The molecule has 82 valence electrons. The number of hydrogen-bond donors (Lipinski definition) is 0. The molecule has 0 radical (unpaired) electrons. The Balaban J connectivity index is 2.14. The number of rotatable bonds is 5. The largest absolute Gasteiger partial charge is 0.465 e. The van der Waals surface area contributed by atoms with Gasteiger partial charge >= 0.3 is 5.97 Å². The molecule has 0 spiro atoms. The zero-order chi connectivity index (χ0) is 10.4. The Kier molecular flexibility index (Phi) is 4.90. The third-order valence-corrected chi connectivity index (χ3v) is 2.24. The first-order valence-electron chi connectivity index (χ1n) is 5.18. The van der Waals surface area contributed by atoms with Gasteiger partial charge in [0.05, 0.1) is 19.3 Å². The molecule has 1 aliphatic heterocycles. The fourth-order valence-electron chi connectivity index (χ4n) is 1.63. The van der Waals surface area contributed by atoms with Crippen molar-refractivity contribution in [3.8, 4) is 0 Å². The molecule has 0 aromatic carbocycles. The molecular weight excluding hydrogens is 182 g/mol. The number of ether oxygens (including phenoxy) is 2. The average molecular weight is 201 g/mol. The van der Waals surface area contributed by atoms with Crippen molar-refractivity contribution in [2.24, 2.45) is 0 Å². The Bertz CT molecular complexity index is 178. The van der Waals surface area contributed by atoms with Gasteiger partial charge in [-0.1, -0.05) is 0 Å². The standard InChI is InChI=1S/C10H19NO3/c1-3-13-10(12)8-11(2)7-9-5-4-6-14-9/h9H,3-8H2,1-2H3. The summed E-state index contributed by atoms with van der Waals surface area (Å²) < 4.78 is 10.3. The highest BCUT2D eigenvalue weighted by molar-refractivity contribution is 5.71. The van der Waals surface area contributed by atoms with Crippen LogP contribution >= 0.6 is 0 Å². The monoisotopic (exact) mass is 201 g/mol. The molecule has 1 atom stereocenters. The smallest absolute Gasteiger partial charge is 0.320 e. The van der Waals surface area contributed by atoms with Crippen LogP contribution in [0.1, 0.15) is 19.8 Å². The molecule has 0 saturated carbocycles. The third-order valence-electron chi connectivity index (χ3n) is 2.24. The molecule has 1 unspecified atom stereocenters. The van der Waals surface area contributed by atoms with Gasteiger partial charge in [-0.05, 0) is 26.8 Å². The molecule has 0 aromatic rings. The van der Waals surface area contributed by atoms with E-state index in [1.54, 1.807) is 0 Å². The summed E-state index contributed by atoms with van der Waals surface area (Å²) in [5, 5.41) is 0. The Morgan fingerprint density at radius 1 is 1.64 bits per heavy atom. The minimum Gasteiger partial charge on any atom is -0.465 e. The summed E-state index contributed by atoms with van der Waals surface area (Å²) in [7, 11) is 1.92. The lowest BCUT2D eigenvalue weighted by atomic mass is 10.2. The Labute approximate surface area is 85.2 Å². The molecule has 0 N–H and O–H groups in total. The van der Waals surface area contributed by atoms with Crippen LogP contribution in [0.25, 0.3) is 0 Å². The van der Waals surface area contributed by atoms with E-state index in [4.69, 9.17) is 9.47 Å². The van der Waals surface area contributed by atoms with Crippen molar-refractivity contribution in [3.63, 3.8) is 0 Å². The van der Waals surface area contributed by atoms with Gasteiger partial charge in [0.1, 0.15) is 0 Å². The summed E-state index contributed by atoms with van der Waals surface area (Å²) in [4.78, 5) is 13.1. The molecule has 14 heavy (non-hydrogen) atoms. The maximum absolute atomic E-state index is 11.1. The van der Waals surface area contributed by atoms with Crippen LogP contribution in [-0.4, -0.2) is 50.3 Å². The highest BCUT2D eigenvalue weighted by atomic mass is 16.5. The van der Waals surface area contributed by atoms with Gasteiger partial charge in [-0.25, -0.2) is 0 Å². The van der Waals surface area contributed by atoms with Crippen molar-refractivity contribution < 1.29 is 14.3 Å². The third kappa shape index (κ3) is 4.07. The van der Waals surface area contributed by atoms with E-state index in [0.717, 1.165) is 26.0 Å². The number of carbonyl (C=O) groups excluding carboxylic acids is 1. The van der Waals surface area contributed by atoms with E-state index >= 15 is 0 Å². The first kappa shape index (κ1) is 11.5. The summed E-state index contributed by atoms with van der Waals surface area (Å²) in [6.07, 6.45) is 2.54. The van der Waals surface area contributed by atoms with Gasteiger partial charge in [-0.2, -0.15) is 0 Å². The minimum absolute atomic E-state index is 0.159. The summed E-state index contributed by atoms with van der Waals surface area (Å²) in [6, 6.07) is 0. The van der Waals surface area contributed by atoms with Crippen LogP contribution in [0.2, 0.25) is 0 Å². The van der Waals surface area contributed by atoms with Crippen molar-refractivity contribution in [1.82, 2.24) is 4.90 Å². The predicted octanol–water partition coefficient (Wildman–Crippen LogP) is 0.660. The lowest BCUT2D eigenvalue weighted by Gasteiger charge is -2.19. The van der Waals surface area contributed by atoms with Gasteiger partial charge in [0.15, 0.2) is 0 Å². The molecule has 0 amide bonds. The van der Waals surface area contributed by atoms with Gasteiger partial charge in [0, 0.05) is 13.2 Å². The number of likely N-dealkylation sites (N-methyl/N-ethyl adjacent to an activating group) is 1. The van der Waals surface area contributed by atoms with E-state index in [1.807, 2.05) is 18.9 Å². The van der Waals surface area contributed by atoms with E-state index in [1.165, 1.54) is 0 Å². The van der Waals surface area contributed by atoms with Gasteiger partial charge < -0.3 is 9.47 Å². The second kappa shape index (κ2) is 5.98. The first-order valence-corrected chi connectivity index (χ1v) is 5.18. The molecule has 0 aromatic heterocycles.